The standard InChI is InChI=1S/C13H18N2O4/c1-3-19-11-8-14-7-10(12(11)16)6-4-5-9(2)15-13(17)18/h4,6-9,15H,3,5H2,1-2H3,(H,14,16)(H,17,18)/b6-4+. The van der Waals surface area contributed by atoms with E-state index >= 15 is 0 Å². The number of aromatic amines is 1. The Morgan fingerprint density at radius 1 is 1.58 bits per heavy atom. The van der Waals surface area contributed by atoms with Gasteiger partial charge in [-0.05, 0) is 20.3 Å². The van der Waals surface area contributed by atoms with Crippen molar-refractivity contribution in [2.75, 3.05) is 6.61 Å². The number of carbonyl (C=O) groups is 1. The van der Waals surface area contributed by atoms with Crippen LogP contribution in [0.25, 0.3) is 6.08 Å². The van der Waals surface area contributed by atoms with Crippen LogP contribution in [0.5, 0.6) is 5.75 Å². The first-order valence-corrected chi connectivity index (χ1v) is 6.04. The largest absolute Gasteiger partial charge is 0.488 e. The van der Waals surface area contributed by atoms with E-state index in [1.165, 1.54) is 6.20 Å². The van der Waals surface area contributed by atoms with E-state index in [0.717, 1.165) is 0 Å². The molecule has 0 aliphatic heterocycles. The van der Waals surface area contributed by atoms with Crippen LogP contribution in [-0.4, -0.2) is 28.8 Å². The third-order valence-electron chi connectivity index (χ3n) is 2.40. The second-order valence-electron chi connectivity index (χ2n) is 4.03. The Kier molecular flexibility index (Phi) is 5.66. The molecule has 0 aliphatic carbocycles. The number of carboxylic acid groups (broad SMARTS) is 1. The van der Waals surface area contributed by atoms with Crippen molar-refractivity contribution in [1.82, 2.24) is 10.3 Å². The fourth-order valence-corrected chi connectivity index (χ4v) is 1.54. The van der Waals surface area contributed by atoms with Crippen molar-refractivity contribution in [3.8, 4) is 5.75 Å². The number of nitrogens with one attached hydrogen (secondary N) is 2. The van der Waals surface area contributed by atoms with Gasteiger partial charge >= 0.3 is 6.09 Å². The maximum atomic E-state index is 11.9. The van der Waals surface area contributed by atoms with Gasteiger partial charge in [0.25, 0.3) is 0 Å². The summed E-state index contributed by atoms with van der Waals surface area (Å²) in [4.78, 5) is 25.2. The molecule has 0 bridgehead atoms. The fourth-order valence-electron chi connectivity index (χ4n) is 1.54. The van der Waals surface area contributed by atoms with Gasteiger partial charge in [0.15, 0.2) is 5.75 Å². The minimum atomic E-state index is -1.06. The summed E-state index contributed by atoms with van der Waals surface area (Å²) in [5, 5.41) is 10.9. The summed E-state index contributed by atoms with van der Waals surface area (Å²) < 4.78 is 5.19. The molecule has 1 aromatic rings. The summed E-state index contributed by atoms with van der Waals surface area (Å²) in [6, 6.07) is -0.206. The van der Waals surface area contributed by atoms with Crippen LogP contribution in [0, 0.1) is 0 Å². The molecule has 1 atom stereocenters. The summed E-state index contributed by atoms with van der Waals surface area (Å²) in [5.41, 5.74) is 0.296. The van der Waals surface area contributed by atoms with Gasteiger partial charge in [-0.15, -0.1) is 0 Å². The van der Waals surface area contributed by atoms with Crippen LogP contribution in [-0.2, 0) is 0 Å². The molecule has 1 aromatic heterocycles. The molecule has 1 unspecified atom stereocenters. The average molecular weight is 266 g/mol. The lowest BCUT2D eigenvalue weighted by molar-refractivity contribution is 0.191. The van der Waals surface area contributed by atoms with Crippen LogP contribution in [0.4, 0.5) is 4.79 Å². The quantitative estimate of drug-likeness (QED) is 0.732. The van der Waals surface area contributed by atoms with E-state index in [2.05, 4.69) is 10.3 Å². The van der Waals surface area contributed by atoms with Gasteiger partial charge in [0.05, 0.1) is 6.61 Å². The predicted octanol–water partition coefficient (Wildman–Crippen LogP) is 1.83. The molecule has 19 heavy (non-hydrogen) atoms. The molecule has 0 aromatic carbocycles. The number of rotatable bonds is 6. The number of ether oxygens (including phenoxy) is 1. The fraction of sp³-hybridized carbons (Fsp3) is 0.385. The van der Waals surface area contributed by atoms with Crippen molar-refractivity contribution in [2.24, 2.45) is 0 Å². The zero-order valence-corrected chi connectivity index (χ0v) is 11.0. The van der Waals surface area contributed by atoms with Crippen LogP contribution < -0.4 is 15.5 Å². The Morgan fingerprint density at radius 2 is 2.32 bits per heavy atom. The van der Waals surface area contributed by atoms with Crippen LogP contribution >= 0.6 is 0 Å². The van der Waals surface area contributed by atoms with Gasteiger partial charge in [0, 0.05) is 24.0 Å². The van der Waals surface area contributed by atoms with E-state index in [9.17, 15) is 9.59 Å². The first-order valence-electron chi connectivity index (χ1n) is 6.04. The zero-order chi connectivity index (χ0) is 14.3. The average Bonchev–Trinajstić information content (AvgIpc) is 2.33. The Labute approximate surface area is 111 Å². The van der Waals surface area contributed by atoms with E-state index < -0.39 is 6.09 Å². The highest BCUT2D eigenvalue weighted by Crippen LogP contribution is 2.05. The Bertz CT molecular complexity index is 508. The lowest BCUT2D eigenvalue weighted by Crippen LogP contribution is -2.30. The highest BCUT2D eigenvalue weighted by Gasteiger charge is 2.04. The van der Waals surface area contributed by atoms with Gasteiger partial charge in [-0.1, -0.05) is 12.2 Å². The second kappa shape index (κ2) is 7.25. The second-order valence-corrected chi connectivity index (χ2v) is 4.03. The molecule has 0 aliphatic rings. The summed E-state index contributed by atoms with van der Waals surface area (Å²) in [5.74, 6) is 0.279. The van der Waals surface area contributed by atoms with Gasteiger partial charge in [0.1, 0.15) is 0 Å². The number of pyridine rings is 1. The normalized spacial score (nSPS) is 12.3. The summed E-state index contributed by atoms with van der Waals surface area (Å²) in [6.45, 7) is 3.98. The Hall–Kier alpha value is -2.24. The Balaban J connectivity index is 2.69. The molecular formula is C13H18N2O4. The molecule has 6 heteroatoms. The number of hydrogen-bond donors (Lipinski definition) is 3. The molecule has 0 saturated carbocycles. The topological polar surface area (TPSA) is 91.4 Å². The van der Waals surface area contributed by atoms with Gasteiger partial charge in [0.2, 0.25) is 5.43 Å². The molecule has 1 rings (SSSR count). The van der Waals surface area contributed by atoms with Crippen molar-refractivity contribution in [2.45, 2.75) is 26.3 Å². The monoisotopic (exact) mass is 266 g/mol. The minimum absolute atomic E-state index is 0.185. The van der Waals surface area contributed by atoms with Gasteiger partial charge < -0.3 is 20.1 Å². The molecule has 0 radical (unpaired) electrons. The van der Waals surface area contributed by atoms with E-state index in [4.69, 9.17) is 9.84 Å². The number of H-pyrrole nitrogens is 1. The molecule has 1 heterocycles. The third-order valence-corrected chi connectivity index (χ3v) is 2.40. The Morgan fingerprint density at radius 3 is 2.95 bits per heavy atom. The molecule has 0 saturated heterocycles. The lowest BCUT2D eigenvalue weighted by atomic mass is 10.2. The van der Waals surface area contributed by atoms with Crippen LogP contribution in [0.2, 0.25) is 0 Å². The molecule has 104 valence electrons. The van der Waals surface area contributed by atoms with E-state index in [1.807, 2.05) is 0 Å². The van der Waals surface area contributed by atoms with Crippen molar-refractivity contribution < 1.29 is 14.6 Å². The van der Waals surface area contributed by atoms with Crippen LogP contribution in [0.15, 0.2) is 23.3 Å². The molecular weight excluding hydrogens is 248 g/mol. The van der Waals surface area contributed by atoms with Crippen molar-refractivity contribution >= 4 is 12.2 Å². The smallest absolute Gasteiger partial charge is 0.404 e. The van der Waals surface area contributed by atoms with E-state index in [-0.39, 0.29) is 17.2 Å². The number of hydrogen-bond acceptors (Lipinski definition) is 3. The third kappa shape index (κ3) is 4.87. The zero-order valence-electron chi connectivity index (χ0n) is 11.0. The number of amides is 1. The number of aromatic nitrogens is 1. The van der Waals surface area contributed by atoms with Crippen LogP contribution in [0.1, 0.15) is 25.8 Å². The van der Waals surface area contributed by atoms with Gasteiger partial charge in [-0.3, -0.25) is 4.79 Å². The first kappa shape index (κ1) is 14.8. The van der Waals surface area contributed by atoms with Crippen molar-refractivity contribution in [3.63, 3.8) is 0 Å². The molecule has 0 spiro atoms. The molecule has 3 N–H and O–H groups in total. The summed E-state index contributed by atoms with van der Waals surface area (Å²) in [6.07, 6.45) is 5.94. The minimum Gasteiger partial charge on any atom is -0.488 e. The van der Waals surface area contributed by atoms with Crippen LogP contribution in [0.3, 0.4) is 0 Å². The summed E-state index contributed by atoms with van der Waals surface area (Å²) in [7, 11) is 0. The highest BCUT2D eigenvalue weighted by atomic mass is 16.5. The van der Waals surface area contributed by atoms with E-state index in [0.29, 0.717) is 18.6 Å². The highest BCUT2D eigenvalue weighted by molar-refractivity contribution is 5.64. The van der Waals surface area contributed by atoms with Gasteiger partial charge in [-0.2, -0.15) is 0 Å². The predicted molar refractivity (Wildman–Crippen MR) is 72.5 cm³/mol. The summed E-state index contributed by atoms with van der Waals surface area (Å²) >= 11 is 0. The van der Waals surface area contributed by atoms with Gasteiger partial charge in [-0.25, -0.2) is 4.79 Å². The first-order chi connectivity index (χ1) is 9.04. The maximum Gasteiger partial charge on any atom is 0.404 e. The lowest BCUT2D eigenvalue weighted by Gasteiger charge is -2.07. The van der Waals surface area contributed by atoms with Crippen molar-refractivity contribution in [1.29, 1.82) is 0 Å². The molecule has 1 amide bonds. The SMILES string of the molecule is CCOc1c[nH]cc(/C=C/CC(C)NC(=O)O)c1=O. The maximum absolute atomic E-state index is 11.9. The van der Waals surface area contributed by atoms with E-state index in [1.54, 1.807) is 32.2 Å². The molecule has 0 fully saturated rings. The van der Waals surface area contributed by atoms with Crippen molar-refractivity contribution in [3.05, 3.63) is 34.3 Å². The molecule has 6 nitrogen and oxygen atoms in total.